The molecule has 0 radical (unpaired) electrons. The van der Waals surface area contributed by atoms with E-state index in [1.165, 1.54) is 18.4 Å². The summed E-state index contributed by atoms with van der Waals surface area (Å²) in [5.74, 6) is 1.21. The summed E-state index contributed by atoms with van der Waals surface area (Å²) in [5.41, 5.74) is 1.53. The van der Waals surface area contributed by atoms with Gasteiger partial charge in [0.1, 0.15) is 0 Å². The molecule has 0 aromatic heterocycles. The highest BCUT2D eigenvalue weighted by Crippen LogP contribution is 2.28. The lowest BCUT2D eigenvalue weighted by Gasteiger charge is -2.24. The number of aliphatic hydroxyl groups excluding tert-OH is 1. The van der Waals surface area contributed by atoms with Gasteiger partial charge in [-0.25, -0.2) is 0 Å². The Hall–Kier alpha value is -0.300. The van der Waals surface area contributed by atoms with Crippen molar-refractivity contribution < 1.29 is 5.11 Å². The number of hydrogen-bond donors (Lipinski definition) is 1. The predicted molar refractivity (Wildman–Crippen MR) is 47.3 cm³/mol. The van der Waals surface area contributed by atoms with E-state index in [9.17, 15) is 0 Å². The summed E-state index contributed by atoms with van der Waals surface area (Å²) >= 11 is 0. The standard InChI is InChI=1S/C10H18O/c1-3-9-4-8(2)5-10(6-9)7-11/h6,8,10-11H,3-5,7H2,1-2H3. The predicted octanol–water partition coefficient (Wildman–Crippen LogP) is 2.36. The van der Waals surface area contributed by atoms with Gasteiger partial charge < -0.3 is 5.11 Å². The first-order chi connectivity index (χ1) is 5.26. The third kappa shape index (κ3) is 2.33. The zero-order chi connectivity index (χ0) is 8.27. The monoisotopic (exact) mass is 154 g/mol. The van der Waals surface area contributed by atoms with Gasteiger partial charge in [-0.05, 0) is 25.2 Å². The van der Waals surface area contributed by atoms with Crippen molar-refractivity contribution in [2.24, 2.45) is 11.8 Å². The van der Waals surface area contributed by atoms with Crippen LogP contribution in [0.4, 0.5) is 0 Å². The van der Waals surface area contributed by atoms with E-state index < -0.39 is 0 Å². The first-order valence-electron chi connectivity index (χ1n) is 4.56. The second kappa shape index (κ2) is 3.91. The topological polar surface area (TPSA) is 20.2 Å². The fourth-order valence-corrected chi connectivity index (χ4v) is 1.91. The second-order valence-electron chi connectivity index (χ2n) is 3.67. The second-order valence-corrected chi connectivity index (χ2v) is 3.67. The summed E-state index contributed by atoms with van der Waals surface area (Å²) in [5, 5.41) is 8.98. The fourth-order valence-electron chi connectivity index (χ4n) is 1.91. The van der Waals surface area contributed by atoms with Crippen molar-refractivity contribution >= 4 is 0 Å². The molecule has 1 heteroatoms. The Morgan fingerprint density at radius 3 is 2.91 bits per heavy atom. The van der Waals surface area contributed by atoms with Gasteiger partial charge in [-0.3, -0.25) is 0 Å². The van der Waals surface area contributed by atoms with Gasteiger partial charge in [0.2, 0.25) is 0 Å². The molecule has 1 nitrogen and oxygen atoms in total. The molecule has 1 rings (SSSR count). The lowest BCUT2D eigenvalue weighted by molar-refractivity contribution is 0.224. The molecule has 2 unspecified atom stereocenters. The zero-order valence-corrected chi connectivity index (χ0v) is 7.51. The van der Waals surface area contributed by atoms with Gasteiger partial charge in [-0.2, -0.15) is 0 Å². The third-order valence-corrected chi connectivity index (χ3v) is 2.48. The Balaban J connectivity index is 2.57. The zero-order valence-electron chi connectivity index (χ0n) is 7.51. The van der Waals surface area contributed by atoms with E-state index in [-0.39, 0.29) is 0 Å². The van der Waals surface area contributed by atoms with Gasteiger partial charge in [0.05, 0.1) is 0 Å². The van der Waals surface area contributed by atoms with Crippen LogP contribution in [0.15, 0.2) is 11.6 Å². The molecule has 1 N–H and O–H groups in total. The van der Waals surface area contributed by atoms with E-state index in [4.69, 9.17) is 5.11 Å². The minimum Gasteiger partial charge on any atom is -0.396 e. The van der Waals surface area contributed by atoms with Crippen LogP contribution in [-0.4, -0.2) is 11.7 Å². The van der Waals surface area contributed by atoms with Gasteiger partial charge in [0, 0.05) is 12.5 Å². The molecule has 0 spiro atoms. The van der Waals surface area contributed by atoms with Crippen molar-refractivity contribution in [2.75, 3.05) is 6.61 Å². The molecule has 0 aromatic rings. The molecule has 0 saturated carbocycles. The van der Waals surface area contributed by atoms with Crippen LogP contribution in [0, 0.1) is 11.8 Å². The van der Waals surface area contributed by atoms with Crippen LogP contribution < -0.4 is 0 Å². The fraction of sp³-hybridized carbons (Fsp3) is 0.800. The summed E-state index contributed by atoms with van der Waals surface area (Å²) in [4.78, 5) is 0. The van der Waals surface area contributed by atoms with Gasteiger partial charge in [-0.1, -0.05) is 25.5 Å². The first-order valence-corrected chi connectivity index (χ1v) is 4.56. The van der Waals surface area contributed by atoms with Crippen LogP contribution in [0.2, 0.25) is 0 Å². The van der Waals surface area contributed by atoms with Gasteiger partial charge in [0.15, 0.2) is 0 Å². The molecule has 11 heavy (non-hydrogen) atoms. The van der Waals surface area contributed by atoms with Crippen LogP contribution in [0.1, 0.15) is 33.1 Å². The molecule has 0 fully saturated rings. The average molecular weight is 154 g/mol. The van der Waals surface area contributed by atoms with Crippen molar-refractivity contribution in [2.45, 2.75) is 33.1 Å². The van der Waals surface area contributed by atoms with E-state index >= 15 is 0 Å². The summed E-state index contributed by atoms with van der Waals surface area (Å²) in [6, 6.07) is 0. The molecule has 0 amide bonds. The third-order valence-electron chi connectivity index (χ3n) is 2.48. The van der Waals surface area contributed by atoms with Crippen LogP contribution in [0.5, 0.6) is 0 Å². The van der Waals surface area contributed by atoms with E-state index in [1.807, 2.05) is 0 Å². The Morgan fingerprint density at radius 1 is 1.64 bits per heavy atom. The molecule has 0 aromatic carbocycles. The van der Waals surface area contributed by atoms with Gasteiger partial charge >= 0.3 is 0 Å². The Kier molecular flexibility index (Phi) is 3.13. The molecular weight excluding hydrogens is 136 g/mol. The average Bonchev–Trinajstić information content (AvgIpc) is 2.03. The number of hydrogen-bond acceptors (Lipinski definition) is 1. The molecular formula is C10H18O. The molecule has 0 heterocycles. The van der Waals surface area contributed by atoms with Crippen LogP contribution >= 0.6 is 0 Å². The maximum atomic E-state index is 8.98. The molecule has 0 aliphatic heterocycles. The van der Waals surface area contributed by atoms with Crippen molar-refractivity contribution in [3.8, 4) is 0 Å². The van der Waals surface area contributed by atoms with Crippen LogP contribution in [-0.2, 0) is 0 Å². The Bertz CT molecular complexity index is 149. The molecule has 1 aliphatic rings. The van der Waals surface area contributed by atoms with Crippen molar-refractivity contribution in [3.63, 3.8) is 0 Å². The lowest BCUT2D eigenvalue weighted by Crippen LogP contribution is -2.14. The Morgan fingerprint density at radius 2 is 2.36 bits per heavy atom. The van der Waals surface area contributed by atoms with E-state index in [0.29, 0.717) is 12.5 Å². The SMILES string of the molecule is CCC1=CC(CO)CC(C)C1. The van der Waals surface area contributed by atoms with E-state index in [0.717, 1.165) is 12.3 Å². The first kappa shape index (κ1) is 8.79. The van der Waals surface area contributed by atoms with Crippen molar-refractivity contribution in [1.29, 1.82) is 0 Å². The highest BCUT2D eigenvalue weighted by atomic mass is 16.3. The maximum absolute atomic E-state index is 8.98. The molecule has 1 aliphatic carbocycles. The number of allylic oxidation sites excluding steroid dienone is 1. The summed E-state index contributed by atoms with van der Waals surface area (Å²) in [6.07, 6.45) is 5.83. The minimum absolute atomic E-state index is 0.327. The highest BCUT2D eigenvalue weighted by Gasteiger charge is 2.17. The van der Waals surface area contributed by atoms with E-state index in [1.54, 1.807) is 0 Å². The normalized spacial score (nSPS) is 31.7. The molecule has 64 valence electrons. The van der Waals surface area contributed by atoms with Crippen molar-refractivity contribution in [3.05, 3.63) is 11.6 Å². The minimum atomic E-state index is 0.327. The summed E-state index contributed by atoms with van der Waals surface area (Å²) in [6.45, 7) is 4.79. The number of aliphatic hydroxyl groups is 1. The van der Waals surface area contributed by atoms with E-state index in [2.05, 4.69) is 19.9 Å². The van der Waals surface area contributed by atoms with Crippen molar-refractivity contribution in [1.82, 2.24) is 0 Å². The lowest BCUT2D eigenvalue weighted by atomic mass is 9.83. The quantitative estimate of drug-likeness (QED) is 0.605. The molecule has 0 saturated heterocycles. The molecule has 0 bridgehead atoms. The van der Waals surface area contributed by atoms with Gasteiger partial charge in [0.25, 0.3) is 0 Å². The van der Waals surface area contributed by atoms with Crippen LogP contribution in [0.3, 0.4) is 0 Å². The van der Waals surface area contributed by atoms with Crippen LogP contribution in [0.25, 0.3) is 0 Å². The molecule has 2 atom stereocenters. The van der Waals surface area contributed by atoms with Gasteiger partial charge in [-0.15, -0.1) is 0 Å². The highest BCUT2D eigenvalue weighted by molar-refractivity contribution is 5.08. The largest absolute Gasteiger partial charge is 0.396 e. The summed E-state index contributed by atoms with van der Waals surface area (Å²) in [7, 11) is 0. The number of rotatable bonds is 2. The summed E-state index contributed by atoms with van der Waals surface area (Å²) < 4.78 is 0. The Labute approximate surface area is 69.1 Å². The smallest absolute Gasteiger partial charge is 0.0493 e. The maximum Gasteiger partial charge on any atom is 0.0493 e.